The van der Waals surface area contributed by atoms with Crippen LogP contribution in [0.25, 0.3) is 5.82 Å². The second-order valence-electron chi connectivity index (χ2n) is 2.77. The van der Waals surface area contributed by atoms with Gasteiger partial charge in [-0.1, -0.05) is 11.6 Å². The first-order valence-corrected chi connectivity index (χ1v) is 4.30. The van der Waals surface area contributed by atoms with Gasteiger partial charge in [0.2, 0.25) is 5.88 Å². The molecule has 1 N–H and O–H groups in total. The molecule has 0 fully saturated rings. The Morgan fingerprint density at radius 1 is 1.36 bits per heavy atom. The molecule has 0 atom stereocenters. The van der Waals surface area contributed by atoms with E-state index in [1.165, 1.54) is 10.7 Å². The number of halogens is 1. The molecular weight excluding hydrogens is 204 g/mol. The molecule has 0 saturated carbocycles. The third-order valence-corrected chi connectivity index (χ3v) is 1.85. The summed E-state index contributed by atoms with van der Waals surface area (Å²) in [6.45, 7) is 1.78. The predicted octanol–water partition coefficient (Wildman–Crippen LogP) is 1.33. The number of hydrogen-bond donors (Lipinski definition) is 1. The molecule has 0 amide bonds. The molecule has 0 unspecified atom stereocenters. The van der Waals surface area contributed by atoms with E-state index in [1.807, 2.05) is 0 Å². The summed E-state index contributed by atoms with van der Waals surface area (Å²) >= 11 is 5.58. The molecule has 2 heterocycles. The van der Waals surface area contributed by atoms with Gasteiger partial charge in [-0.3, -0.25) is 0 Å². The molecule has 6 heteroatoms. The Morgan fingerprint density at radius 2 is 2.14 bits per heavy atom. The van der Waals surface area contributed by atoms with E-state index in [1.54, 1.807) is 19.1 Å². The van der Waals surface area contributed by atoms with Gasteiger partial charge in [0.05, 0.1) is 5.69 Å². The number of aromatic hydroxyl groups is 1. The van der Waals surface area contributed by atoms with Crippen LogP contribution in [0, 0.1) is 6.92 Å². The lowest BCUT2D eigenvalue weighted by molar-refractivity contribution is 0.431. The van der Waals surface area contributed by atoms with E-state index in [0.717, 1.165) is 0 Å². The van der Waals surface area contributed by atoms with Crippen molar-refractivity contribution in [2.45, 2.75) is 6.92 Å². The Labute approximate surface area is 85.0 Å². The van der Waals surface area contributed by atoms with Crippen molar-refractivity contribution >= 4 is 11.6 Å². The number of aromatic nitrogens is 4. The molecule has 2 aromatic heterocycles. The van der Waals surface area contributed by atoms with Gasteiger partial charge in [0.15, 0.2) is 11.0 Å². The normalized spacial score (nSPS) is 10.4. The van der Waals surface area contributed by atoms with Crippen LogP contribution in [-0.4, -0.2) is 25.1 Å². The van der Waals surface area contributed by atoms with E-state index in [4.69, 9.17) is 11.6 Å². The molecule has 0 aliphatic rings. The van der Waals surface area contributed by atoms with Gasteiger partial charge in [-0.25, -0.2) is 0 Å². The summed E-state index contributed by atoms with van der Waals surface area (Å²) in [6, 6.07) is 4.75. The van der Waals surface area contributed by atoms with E-state index in [2.05, 4.69) is 15.3 Å². The molecule has 0 saturated heterocycles. The van der Waals surface area contributed by atoms with Crippen LogP contribution in [0.5, 0.6) is 5.88 Å². The van der Waals surface area contributed by atoms with Gasteiger partial charge in [-0.2, -0.15) is 9.78 Å². The second kappa shape index (κ2) is 3.26. The summed E-state index contributed by atoms with van der Waals surface area (Å²) in [5.74, 6) is 0.458. The highest BCUT2D eigenvalue weighted by molar-refractivity contribution is 6.29. The first kappa shape index (κ1) is 8.96. The van der Waals surface area contributed by atoms with Gasteiger partial charge in [-0.05, 0) is 19.1 Å². The summed E-state index contributed by atoms with van der Waals surface area (Å²) in [7, 11) is 0. The summed E-state index contributed by atoms with van der Waals surface area (Å²) in [6.07, 6.45) is 0. The smallest absolute Gasteiger partial charge is 0.215 e. The summed E-state index contributed by atoms with van der Waals surface area (Å²) < 4.78 is 1.29. The topological polar surface area (TPSA) is 63.8 Å². The molecule has 0 aliphatic carbocycles. The number of rotatable bonds is 1. The van der Waals surface area contributed by atoms with Crippen LogP contribution >= 0.6 is 11.6 Å². The van der Waals surface area contributed by atoms with Gasteiger partial charge in [0, 0.05) is 6.07 Å². The van der Waals surface area contributed by atoms with Gasteiger partial charge < -0.3 is 5.11 Å². The summed E-state index contributed by atoms with van der Waals surface area (Å²) in [5.41, 5.74) is 0.708. The van der Waals surface area contributed by atoms with E-state index in [0.29, 0.717) is 16.7 Å². The first-order valence-electron chi connectivity index (χ1n) is 3.92. The molecule has 5 nitrogen and oxygen atoms in total. The molecule has 72 valence electrons. The molecule has 2 aromatic rings. The van der Waals surface area contributed by atoms with Crippen molar-refractivity contribution in [3.8, 4) is 11.7 Å². The average molecular weight is 211 g/mol. The van der Waals surface area contributed by atoms with Crippen molar-refractivity contribution in [1.29, 1.82) is 0 Å². The number of aryl methyl sites for hydroxylation is 1. The standard InChI is InChI=1S/C8H7ClN4O/c1-5-4-8(14)13(12-5)7-3-2-6(9)10-11-7/h2-4,14H,1H3. The molecule has 0 aromatic carbocycles. The Kier molecular flexibility index (Phi) is 2.09. The molecule has 0 radical (unpaired) electrons. The van der Waals surface area contributed by atoms with Gasteiger partial charge in [0.25, 0.3) is 0 Å². The van der Waals surface area contributed by atoms with Crippen molar-refractivity contribution < 1.29 is 5.11 Å². The van der Waals surface area contributed by atoms with E-state index < -0.39 is 0 Å². The van der Waals surface area contributed by atoms with Crippen molar-refractivity contribution in [3.63, 3.8) is 0 Å². The molecule has 14 heavy (non-hydrogen) atoms. The monoisotopic (exact) mass is 210 g/mol. The average Bonchev–Trinajstić information content (AvgIpc) is 2.47. The van der Waals surface area contributed by atoms with Crippen LogP contribution in [0.3, 0.4) is 0 Å². The zero-order chi connectivity index (χ0) is 10.1. The Balaban J connectivity index is 2.49. The Morgan fingerprint density at radius 3 is 2.64 bits per heavy atom. The fourth-order valence-corrected chi connectivity index (χ4v) is 1.18. The van der Waals surface area contributed by atoms with Crippen LogP contribution in [0.4, 0.5) is 0 Å². The van der Waals surface area contributed by atoms with Crippen LogP contribution in [0.2, 0.25) is 5.15 Å². The minimum atomic E-state index is 0.0270. The summed E-state index contributed by atoms with van der Waals surface area (Å²) in [5, 5.41) is 21.2. The van der Waals surface area contributed by atoms with Gasteiger partial charge >= 0.3 is 0 Å². The molecule has 0 spiro atoms. The first-order chi connectivity index (χ1) is 6.66. The van der Waals surface area contributed by atoms with Crippen molar-refractivity contribution in [3.05, 3.63) is 29.0 Å². The molecule has 0 bridgehead atoms. The van der Waals surface area contributed by atoms with E-state index >= 15 is 0 Å². The maximum Gasteiger partial charge on any atom is 0.215 e. The SMILES string of the molecule is Cc1cc(O)n(-c2ccc(Cl)nn2)n1. The highest BCUT2D eigenvalue weighted by atomic mass is 35.5. The minimum Gasteiger partial charge on any atom is -0.493 e. The van der Waals surface area contributed by atoms with Crippen LogP contribution < -0.4 is 0 Å². The van der Waals surface area contributed by atoms with Crippen LogP contribution in [-0.2, 0) is 0 Å². The highest BCUT2D eigenvalue weighted by Gasteiger charge is 2.06. The lowest BCUT2D eigenvalue weighted by Gasteiger charge is -1.99. The number of nitrogens with zero attached hydrogens (tertiary/aromatic N) is 4. The largest absolute Gasteiger partial charge is 0.493 e. The molecular formula is C8H7ClN4O. The lowest BCUT2D eigenvalue weighted by Crippen LogP contribution is -2.00. The quantitative estimate of drug-likeness (QED) is 0.771. The zero-order valence-electron chi connectivity index (χ0n) is 7.35. The fourth-order valence-electron chi connectivity index (χ4n) is 1.08. The Hall–Kier alpha value is -1.62. The highest BCUT2D eigenvalue weighted by Crippen LogP contribution is 2.15. The zero-order valence-corrected chi connectivity index (χ0v) is 8.10. The second-order valence-corrected chi connectivity index (χ2v) is 3.16. The van der Waals surface area contributed by atoms with Crippen molar-refractivity contribution in [2.24, 2.45) is 0 Å². The molecule has 0 aliphatic heterocycles. The summed E-state index contributed by atoms with van der Waals surface area (Å²) in [4.78, 5) is 0. The minimum absolute atomic E-state index is 0.0270. The maximum atomic E-state index is 9.45. The lowest BCUT2D eigenvalue weighted by atomic mass is 10.5. The van der Waals surface area contributed by atoms with E-state index in [9.17, 15) is 5.11 Å². The fraction of sp³-hybridized carbons (Fsp3) is 0.125. The van der Waals surface area contributed by atoms with Crippen LogP contribution in [0.15, 0.2) is 18.2 Å². The number of hydrogen-bond acceptors (Lipinski definition) is 4. The maximum absolute atomic E-state index is 9.45. The predicted molar refractivity (Wildman–Crippen MR) is 50.6 cm³/mol. The van der Waals surface area contributed by atoms with E-state index in [-0.39, 0.29) is 5.88 Å². The molecule has 2 rings (SSSR count). The van der Waals surface area contributed by atoms with Gasteiger partial charge in [0.1, 0.15) is 0 Å². The third-order valence-electron chi connectivity index (χ3n) is 1.65. The third kappa shape index (κ3) is 1.54. The van der Waals surface area contributed by atoms with Crippen molar-refractivity contribution in [2.75, 3.05) is 0 Å². The van der Waals surface area contributed by atoms with Crippen molar-refractivity contribution in [1.82, 2.24) is 20.0 Å². The Bertz CT molecular complexity index is 451. The van der Waals surface area contributed by atoms with Gasteiger partial charge in [-0.15, -0.1) is 10.2 Å². The van der Waals surface area contributed by atoms with Crippen LogP contribution in [0.1, 0.15) is 5.69 Å².